The first kappa shape index (κ1) is 22.7. The van der Waals surface area contributed by atoms with Gasteiger partial charge in [0.15, 0.2) is 5.69 Å². The van der Waals surface area contributed by atoms with Gasteiger partial charge < -0.3 is 15.5 Å². The fraction of sp³-hybridized carbons (Fsp3) is 0.261. The molecule has 4 rings (SSSR count). The van der Waals surface area contributed by atoms with Crippen LogP contribution < -0.4 is 10.6 Å². The molecule has 2 N–H and O–H groups in total. The van der Waals surface area contributed by atoms with E-state index in [4.69, 9.17) is 16.6 Å². The molecular weight excluding hydrogens is 462 g/mol. The van der Waals surface area contributed by atoms with Gasteiger partial charge in [0.25, 0.3) is 5.91 Å². The standard InChI is InChI=1S/C23H24ClN5OS2/c1-14-5-10-17-18(13-14)31-22(27-17)15-6-8-16(9-7-15)26-21(30)20-19(24)23(32-28-20)25-11-4-12-29(2)3/h5-10,13,25H,4,11-12H2,1-3H3,(H,26,30). The molecule has 2 heterocycles. The largest absolute Gasteiger partial charge is 0.374 e. The van der Waals surface area contributed by atoms with E-state index >= 15 is 0 Å². The highest BCUT2D eigenvalue weighted by Crippen LogP contribution is 2.32. The lowest BCUT2D eigenvalue weighted by Crippen LogP contribution is -2.16. The molecule has 4 aromatic rings. The Bertz CT molecular complexity index is 1230. The maximum atomic E-state index is 12.7. The zero-order chi connectivity index (χ0) is 22.7. The topological polar surface area (TPSA) is 70.1 Å². The van der Waals surface area contributed by atoms with Gasteiger partial charge in [-0.25, -0.2) is 4.98 Å². The van der Waals surface area contributed by atoms with Crippen molar-refractivity contribution in [3.05, 3.63) is 58.7 Å². The predicted molar refractivity (Wildman–Crippen MR) is 137 cm³/mol. The monoisotopic (exact) mass is 485 g/mol. The molecule has 0 unspecified atom stereocenters. The van der Waals surface area contributed by atoms with Crippen LogP contribution in [0.5, 0.6) is 0 Å². The first-order valence-electron chi connectivity index (χ1n) is 10.2. The highest BCUT2D eigenvalue weighted by Gasteiger charge is 2.19. The molecular formula is C23H24ClN5OS2. The van der Waals surface area contributed by atoms with E-state index in [1.165, 1.54) is 21.8 Å². The van der Waals surface area contributed by atoms with E-state index < -0.39 is 0 Å². The molecule has 2 aromatic heterocycles. The van der Waals surface area contributed by atoms with Gasteiger partial charge in [-0.2, -0.15) is 4.37 Å². The second-order valence-electron chi connectivity index (χ2n) is 7.78. The number of thiazole rings is 1. The number of hydrogen-bond acceptors (Lipinski definition) is 7. The van der Waals surface area contributed by atoms with E-state index in [0.29, 0.717) is 10.7 Å². The fourth-order valence-electron chi connectivity index (χ4n) is 3.17. The number of carbonyl (C=O) groups is 1. The number of aromatic nitrogens is 2. The van der Waals surface area contributed by atoms with Crippen LogP contribution in [0.1, 0.15) is 22.5 Å². The van der Waals surface area contributed by atoms with Crippen LogP contribution in [0.2, 0.25) is 5.02 Å². The first-order chi connectivity index (χ1) is 15.4. The molecule has 0 bridgehead atoms. The lowest BCUT2D eigenvalue weighted by atomic mass is 10.2. The van der Waals surface area contributed by atoms with Gasteiger partial charge >= 0.3 is 0 Å². The second-order valence-corrected chi connectivity index (χ2v) is 9.96. The fourth-order valence-corrected chi connectivity index (χ4v) is 5.29. The van der Waals surface area contributed by atoms with Gasteiger partial charge in [0.05, 0.1) is 10.2 Å². The van der Waals surface area contributed by atoms with Crippen LogP contribution in [0, 0.1) is 6.92 Å². The summed E-state index contributed by atoms with van der Waals surface area (Å²) >= 11 is 9.25. The lowest BCUT2D eigenvalue weighted by Gasteiger charge is -2.09. The number of fused-ring (bicyclic) bond motifs is 1. The van der Waals surface area contributed by atoms with Crippen LogP contribution in [-0.2, 0) is 0 Å². The molecule has 6 nitrogen and oxygen atoms in total. The highest BCUT2D eigenvalue weighted by molar-refractivity contribution is 7.21. The van der Waals surface area contributed by atoms with Gasteiger partial charge in [0.1, 0.15) is 15.0 Å². The number of anilines is 2. The molecule has 166 valence electrons. The molecule has 2 aromatic carbocycles. The summed E-state index contributed by atoms with van der Waals surface area (Å²) in [5.74, 6) is -0.323. The summed E-state index contributed by atoms with van der Waals surface area (Å²) in [6.45, 7) is 3.83. The molecule has 9 heteroatoms. The van der Waals surface area contributed by atoms with Gasteiger partial charge in [0.2, 0.25) is 0 Å². The van der Waals surface area contributed by atoms with Gasteiger partial charge in [-0.3, -0.25) is 4.79 Å². The quantitative estimate of drug-likeness (QED) is 0.299. The summed E-state index contributed by atoms with van der Waals surface area (Å²) in [4.78, 5) is 19.5. The molecule has 0 spiro atoms. The van der Waals surface area contributed by atoms with E-state index in [0.717, 1.165) is 40.6 Å². The minimum Gasteiger partial charge on any atom is -0.374 e. The van der Waals surface area contributed by atoms with Crippen molar-refractivity contribution in [1.82, 2.24) is 14.3 Å². The van der Waals surface area contributed by atoms with E-state index in [-0.39, 0.29) is 11.6 Å². The summed E-state index contributed by atoms with van der Waals surface area (Å²) in [5.41, 5.74) is 4.14. The Balaban J connectivity index is 1.40. The molecule has 0 aliphatic rings. The average Bonchev–Trinajstić information content (AvgIpc) is 3.34. The van der Waals surface area contributed by atoms with E-state index in [9.17, 15) is 4.79 Å². The third-order valence-electron chi connectivity index (χ3n) is 4.85. The van der Waals surface area contributed by atoms with Crippen LogP contribution >= 0.6 is 34.5 Å². The number of rotatable bonds is 8. The lowest BCUT2D eigenvalue weighted by molar-refractivity contribution is 0.102. The Labute approximate surface area is 200 Å². The van der Waals surface area contributed by atoms with Crippen molar-refractivity contribution >= 4 is 61.3 Å². The SMILES string of the molecule is Cc1ccc2nc(-c3ccc(NC(=O)c4nsc(NCCCN(C)C)c4Cl)cc3)sc2c1. The zero-order valence-corrected chi connectivity index (χ0v) is 20.5. The van der Waals surface area contributed by atoms with Crippen molar-refractivity contribution in [3.8, 4) is 10.6 Å². The molecule has 0 saturated carbocycles. The van der Waals surface area contributed by atoms with Crippen molar-refractivity contribution in [2.24, 2.45) is 0 Å². The maximum absolute atomic E-state index is 12.7. The number of nitrogens with zero attached hydrogens (tertiary/aromatic N) is 3. The summed E-state index contributed by atoms with van der Waals surface area (Å²) in [6, 6.07) is 13.9. The Morgan fingerprint density at radius 2 is 1.94 bits per heavy atom. The molecule has 0 fully saturated rings. The zero-order valence-electron chi connectivity index (χ0n) is 18.1. The molecule has 32 heavy (non-hydrogen) atoms. The van der Waals surface area contributed by atoms with Gasteiger partial charge in [-0.15, -0.1) is 11.3 Å². The van der Waals surface area contributed by atoms with Crippen molar-refractivity contribution in [2.45, 2.75) is 13.3 Å². The molecule has 0 atom stereocenters. The molecule has 0 aliphatic carbocycles. The Kier molecular flexibility index (Phi) is 7.05. The molecule has 1 amide bonds. The van der Waals surface area contributed by atoms with Gasteiger partial charge in [-0.05, 0) is 87.5 Å². The second kappa shape index (κ2) is 9.95. The number of aryl methyl sites for hydroxylation is 1. The average molecular weight is 486 g/mol. The third-order valence-corrected chi connectivity index (χ3v) is 7.20. The number of nitrogens with one attached hydrogen (secondary N) is 2. The van der Waals surface area contributed by atoms with Crippen molar-refractivity contribution in [2.75, 3.05) is 37.8 Å². The normalized spacial score (nSPS) is 11.3. The number of carbonyl (C=O) groups excluding carboxylic acids is 1. The smallest absolute Gasteiger partial charge is 0.277 e. The van der Waals surface area contributed by atoms with E-state index in [2.05, 4.69) is 39.0 Å². The van der Waals surface area contributed by atoms with E-state index in [1.54, 1.807) is 11.3 Å². The van der Waals surface area contributed by atoms with Crippen molar-refractivity contribution < 1.29 is 4.79 Å². The van der Waals surface area contributed by atoms with Crippen LogP contribution in [0.4, 0.5) is 10.7 Å². The predicted octanol–water partition coefficient (Wildman–Crippen LogP) is 6.00. The summed E-state index contributed by atoms with van der Waals surface area (Å²) in [7, 11) is 4.07. The van der Waals surface area contributed by atoms with Crippen LogP contribution in [0.25, 0.3) is 20.8 Å². The molecule has 0 aliphatic heterocycles. The first-order valence-corrected chi connectivity index (χ1v) is 12.2. The highest BCUT2D eigenvalue weighted by atomic mass is 35.5. The number of hydrogen-bond donors (Lipinski definition) is 2. The summed E-state index contributed by atoms with van der Waals surface area (Å²) in [6.07, 6.45) is 0.976. The Hall–Kier alpha value is -2.52. The van der Waals surface area contributed by atoms with Gasteiger partial charge in [-0.1, -0.05) is 17.7 Å². The Morgan fingerprint density at radius 3 is 2.69 bits per heavy atom. The number of benzene rings is 2. The van der Waals surface area contributed by atoms with Crippen LogP contribution in [-0.4, -0.2) is 47.3 Å². The van der Waals surface area contributed by atoms with Gasteiger partial charge in [0, 0.05) is 17.8 Å². The third kappa shape index (κ3) is 5.27. The van der Waals surface area contributed by atoms with Crippen LogP contribution in [0.3, 0.4) is 0 Å². The maximum Gasteiger partial charge on any atom is 0.277 e. The van der Waals surface area contributed by atoms with Crippen molar-refractivity contribution in [3.63, 3.8) is 0 Å². The molecule has 0 saturated heterocycles. The summed E-state index contributed by atoms with van der Waals surface area (Å²) < 4.78 is 5.41. The Morgan fingerprint density at radius 1 is 1.16 bits per heavy atom. The van der Waals surface area contributed by atoms with Crippen molar-refractivity contribution in [1.29, 1.82) is 0 Å². The minimum absolute atomic E-state index is 0.234. The molecule has 0 radical (unpaired) electrons. The minimum atomic E-state index is -0.323. The summed E-state index contributed by atoms with van der Waals surface area (Å²) in [5, 5.41) is 8.17. The number of halogens is 1. The number of amides is 1. The van der Waals surface area contributed by atoms with Crippen LogP contribution in [0.15, 0.2) is 42.5 Å². The van der Waals surface area contributed by atoms with E-state index in [1.807, 2.05) is 44.4 Å².